The Morgan fingerprint density at radius 1 is 1.12 bits per heavy atom. The molecular formula is C18H18ClNO5S. The fourth-order valence-corrected chi connectivity index (χ4v) is 2.92. The lowest BCUT2D eigenvalue weighted by Gasteiger charge is -2.14. The van der Waals surface area contributed by atoms with Gasteiger partial charge in [-0.15, -0.1) is 0 Å². The lowest BCUT2D eigenvalue weighted by atomic mass is 10.2. The van der Waals surface area contributed by atoms with Gasteiger partial charge in [0, 0.05) is 17.8 Å². The summed E-state index contributed by atoms with van der Waals surface area (Å²) in [6, 6.07) is 12.4. The number of nitrogens with one attached hydrogen (secondary N) is 1. The third-order valence-electron chi connectivity index (χ3n) is 3.58. The zero-order chi connectivity index (χ0) is 19.3. The van der Waals surface area contributed by atoms with E-state index in [2.05, 4.69) is 5.32 Å². The van der Waals surface area contributed by atoms with Crippen LogP contribution in [0.1, 0.15) is 22.8 Å². The second-order valence-electron chi connectivity index (χ2n) is 5.65. The van der Waals surface area contributed by atoms with E-state index in [9.17, 15) is 18.0 Å². The van der Waals surface area contributed by atoms with Crippen molar-refractivity contribution < 1.29 is 22.7 Å². The molecule has 0 spiro atoms. The van der Waals surface area contributed by atoms with Crippen molar-refractivity contribution in [3.63, 3.8) is 0 Å². The molecule has 0 heterocycles. The Bertz CT molecular complexity index is 909. The predicted molar refractivity (Wildman–Crippen MR) is 97.7 cm³/mol. The first-order valence-electron chi connectivity index (χ1n) is 7.70. The van der Waals surface area contributed by atoms with Gasteiger partial charge < -0.3 is 10.1 Å². The molecule has 0 aliphatic heterocycles. The number of esters is 1. The van der Waals surface area contributed by atoms with E-state index in [1.54, 1.807) is 24.3 Å². The molecule has 0 aromatic heterocycles. The molecule has 0 unspecified atom stereocenters. The maximum Gasteiger partial charge on any atom is 0.338 e. The first-order valence-corrected chi connectivity index (χ1v) is 9.97. The summed E-state index contributed by atoms with van der Waals surface area (Å²) >= 11 is 6.02. The van der Waals surface area contributed by atoms with E-state index in [0.29, 0.717) is 5.02 Å². The highest BCUT2D eigenvalue weighted by atomic mass is 35.5. The van der Waals surface area contributed by atoms with Crippen LogP contribution in [0.5, 0.6) is 0 Å². The highest BCUT2D eigenvalue weighted by Crippen LogP contribution is 2.15. The maximum atomic E-state index is 12.1. The van der Waals surface area contributed by atoms with E-state index in [1.165, 1.54) is 31.2 Å². The maximum absolute atomic E-state index is 12.1. The van der Waals surface area contributed by atoms with Crippen molar-refractivity contribution in [2.75, 3.05) is 6.26 Å². The van der Waals surface area contributed by atoms with Crippen molar-refractivity contribution in [2.24, 2.45) is 0 Å². The van der Waals surface area contributed by atoms with Gasteiger partial charge in [0.1, 0.15) is 0 Å². The van der Waals surface area contributed by atoms with E-state index in [1.807, 2.05) is 0 Å². The smallest absolute Gasteiger partial charge is 0.338 e. The Morgan fingerprint density at radius 3 is 2.31 bits per heavy atom. The van der Waals surface area contributed by atoms with Gasteiger partial charge >= 0.3 is 5.97 Å². The van der Waals surface area contributed by atoms with E-state index in [4.69, 9.17) is 16.3 Å². The normalized spacial score (nSPS) is 12.3. The molecule has 0 fully saturated rings. The third-order valence-corrected chi connectivity index (χ3v) is 5.08. The van der Waals surface area contributed by atoms with Gasteiger partial charge in [0.2, 0.25) is 0 Å². The molecule has 1 amide bonds. The molecule has 8 heteroatoms. The number of carbonyl (C=O) groups excluding carboxylic acids is 2. The lowest BCUT2D eigenvalue weighted by Crippen LogP contribution is -2.35. The molecule has 1 N–H and O–H groups in total. The van der Waals surface area contributed by atoms with Crippen molar-refractivity contribution >= 4 is 33.3 Å². The standard InChI is InChI=1S/C18H18ClNO5S/c1-12(17(21)20-11-14-5-3-4-6-16(14)19)25-18(22)13-7-9-15(10-8-13)26(2,23)24/h3-10,12H,11H2,1-2H3,(H,20,21)/t12-/m1/s1. The molecule has 0 aliphatic rings. The third kappa shape index (κ3) is 5.31. The van der Waals surface area contributed by atoms with Crippen molar-refractivity contribution in [1.29, 1.82) is 0 Å². The first kappa shape index (κ1) is 19.9. The number of carbonyl (C=O) groups is 2. The molecule has 138 valence electrons. The average molecular weight is 396 g/mol. The SMILES string of the molecule is C[C@@H](OC(=O)c1ccc(S(C)(=O)=O)cc1)C(=O)NCc1ccccc1Cl. The molecule has 0 radical (unpaired) electrons. The predicted octanol–water partition coefficient (Wildman–Crippen LogP) is 2.61. The number of sulfone groups is 1. The Hall–Kier alpha value is -2.38. The summed E-state index contributed by atoms with van der Waals surface area (Å²) in [4.78, 5) is 24.2. The zero-order valence-electron chi connectivity index (χ0n) is 14.2. The molecular weight excluding hydrogens is 378 g/mol. The fourth-order valence-electron chi connectivity index (χ4n) is 2.09. The summed E-state index contributed by atoms with van der Waals surface area (Å²) in [5.74, 6) is -1.18. The molecule has 0 aliphatic carbocycles. The number of hydrogen-bond acceptors (Lipinski definition) is 5. The number of amides is 1. The van der Waals surface area contributed by atoms with Gasteiger partial charge in [-0.2, -0.15) is 0 Å². The Labute approximate surface area is 157 Å². The molecule has 6 nitrogen and oxygen atoms in total. The highest BCUT2D eigenvalue weighted by Gasteiger charge is 2.19. The summed E-state index contributed by atoms with van der Waals surface area (Å²) in [5, 5.41) is 3.18. The van der Waals surface area contributed by atoms with Crippen LogP contribution in [0.4, 0.5) is 0 Å². The molecule has 0 saturated heterocycles. The van der Waals surface area contributed by atoms with Crippen LogP contribution in [0.15, 0.2) is 53.4 Å². The van der Waals surface area contributed by atoms with Crippen LogP contribution >= 0.6 is 11.6 Å². The summed E-state index contributed by atoms with van der Waals surface area (Å²) in [7, 11) is -3.35. The van der Waals surface area contributed by atoms with Crippen LogP contribution in [0.25, 0.3) is 0 Å². The molecule has 2 aromatic rings. The number of rotatable bonds is 6. The van der Waals surface area contributed by atoms with E-state index in [0.717, 1.165) is 11.8 Å². The molecule has 0 bridgehead atoms. The van der Waals surface area contributed by atoms with Crippen LogP contribution in [-0.2, 0) is 25.9 Å². The van der Waals surface area contributed by atoms with Crippen molar-refractivity contribution in [1.82, 2.24) is 5.32 Å². The van der Waals surface area contributed by atoms with Gasteiger partial charge in [-0.25, -0.2) is 13.2 Å². The second-order valence-corrected chi connectivity index (χ2v) is 8.08. The molecule has 0 saturated carbocycles. The molecule has 2 aromatic carbocycles. The summed E-state index contributed by atoms with van der Waals surface area (Å²) in [6.45, 7) is 1.66. The zero-order valence-corrected chi connectivity index (χ0v) is 15.8. The van der Waals surface area contributed by atoms with Crippen molar-refractivity contribution in [3.8, 4) is 0 Å². The van der Waals surface area contributed by atoms with Crippen molar-refractivity contribution in [2.45, 2.75) is 24.5 Å². The number of halogens is 1. The number of benzene rings is 2. The van der Waals surface area contributed by atoms with Gasteiger partial charge in [0.25, 0.3) is 5.91 Å². The van der Waals surface area contributed by atoms with Crippen LogP contribution in [0.2, 0.25) is 5.02 Å². The Kier molecular flexibility index (Phi) is 6.39. The largest absolute Gasteiger partial charge is 0.449 e. The van der Waals surface area contributed by atoms with E-state index >= 15 is 0 Å². The van der Waals surface area contributed by atoms with E-state index in [-0.39, 0.29) is 17.0 Å². The van der Waals surface area contributed by atoms with Gasteiger partial charge in [-0.05, 0) is 42.8 Å². The van der Waals surface area contributed by atoms with Gasteiger partial charge in [-0.1, -0.05) is 29.8 Å². The van der Waals surface area contributed by atoms with Crippen molar-refractivity contribution in [3.05, 3.63) is 64.7 Å². The van der Waals surface area contributed by atoms with Crippen LogP contribution in [0, 0.1) is 0 Å². The number of hydrogen-bond donors (Lipinski definition) is 1. The minimum atomic E-state index is -3.35. The van der Waals surface area contributed by atoms with Gasteiger partial charge in [-0.3, -0.25) is 4.79 Å². The van der Waals surface area contributed by atoms with E-state index < -0.39 is 27.8 Å². The minimum Gasteiger partial charge on any atom is -0.449 e. The Morgan fingerprint density at radius 2 is 1.73 bits per heavy atom. The summed E-state index contributed by atoms with van der Waals surface area (Å²) in [5.41, 5.74) is 0.903. The molecule has 1 atom stereocenters. The molecule has 2 rings (SSSR count). The highest BCUT2D eigenvalue weighted by molar-refractivity contribution is 7.90. The summed E-state index contributed by atoms with van der Waals surface area (Å²) < 4.78 is 27.9. The lowest BCUT2D eigenvalue weighted by molar-refractivity contribution is -0.129. The van der Waals surface area contributed by atoms with Crippen LogP contribution < -0.4 is 5.32 Å². The van der Waals surface area contributed by atoms with Gasteiger partial charge in [0.15, 0.2) is 15.9 Å². The van der Waals surface area contributed by atoms with Crippen LogP contribution in [-0.4, -0.2) is 32.7 Å². The number of ether oxygens (including phenoxy) is 1. The van der Waals surface area contributed by atoms with Gasteiger partial charge in [0.05, 0.1) is 10.5 Å². The average Bonchev–Trinajstić information content (AvgIpc) is 2.60. The first-order chi connectivity index (χ1) is 12.2. The monoisotopic (exact) mass is 395 g/mol. The Balaban J connectivity index is 1.93. The van der Waals surface area contributed by atoms with Crippen LogP contribution in [0.3, 0.4) is 0 Å². The quantitative estimate of drug-likeness (QED) is 0.759. The topological polar surface area (TPSA) is 89.5 Å². The minimum absolute atomic E-state index is 0.0968. The summed E-state index contributed by atoms with van der Waals surface area (Å²) in [6.07, 6.45) is 0.0608. The molecule has 26 heavy (non-hydrogen) atoms. The second kappa shape index (κ2) is 8.33. The fraction of sp³-hybridized carbons (Fsp3) is 0.222.